The minimum Gasteiger partial charge on any atom is -0.497 e. The Hall–Kier alpha value is -4.60. The van der Waals surface area contributed by atoms with Gasteiger partial charge in [0.2, 0.25) is 12.1 Å². The second-order valence-electron chi connectivity index (χ2n) is 9.24. The lowest BCUT2D eigenvalue weighted by Gasteiger charge is -2.43. The number of aromatic nitrogens is 4. The molecular formula is C26H33N5O11. The van der Waals surface area contributed by atoms with Gasteiger partial charge in [0.1, 0.15) is 18.5 Å². The highest BCUT2D eigenvalue weighted by atomic mass is 16.7. The minimum atomic E-state index is -1.41. The van der Waals surface area contributed by atoms with Gasteiger partial charge < -0.3 is 33.7 Å². The predicted octanol–water partition coefficient (Wildman–Crippen LogP) is -0.161. The summed E-state index contributed by atoms with van der Waals surface area (Å²) in [6, 6.07) is 7.44. The maximum absolute atomic E-state index is 12.5. The third-order valence-electron chi connectivity index (χ3n) is 5.88. The molecule has 1 aliphatic rings. The maximum Gasteiger partial charge on any atom is 0.303 e. The third kappa shape index (κ3) is 9.22. The number of carbonyl (C=O) groups is 5. The molecule has 42 heavy (non-hydrogen) atoms. The van der Waals surface area contributed by atoms with Crippen molar-refractivity contribution in [3.8, 4) is 5.75 Å². The fourth-order valence-electron chi connectivity index (χ4n) is 4.17. The molecule has 16 heteroatoms. The molecule has 1 aromatic heterocycles. The van der Waals surface area contributed by atoms with Gasteiger partial charge in [-0.05, 0) is 29.3 Å². The number of methoxy groups -OCH3 is 1. The van der Waals surface area contributed by atoms with Crippen LogP contribution in [0, 0.1) is 0 Å². The first-order valence-corrected chi connectivity index (χ1v) is 12.9. The van der Waals surface area contributed by atoms with Crippen LogP contribution in [0.4, 0.5) is 0 Å². The Morgan fingerprint density at radius 3 is 2.10 bits per heavy atom. The van der Waals surface area contributed by atoms with E-state index in [0.29, 0.717) is 13.0 Å². The summed E-state index contributed by atoms with van der Waals surface area (Å²) < 4.78 is 32.3. The Bertz CT molecular complexity index is 1270. The van der Waals surface area contributed by atoms with Gasteiger partial charge in [-0.2, -0.15) is 0 Å². The molecule has 1 N–H and O–H groups in total. The van der Waals surface area contributed by atoms with E-state index >= 15 is 0 Å². The van der Waals surface area contributed by atoms with E-state index in [0.717, 1.165) is 36.9 Å². The van der Waals surface area contributed by atoms with Crippen LogP contribution in [0.25, 0.3) is 0 Å². The van der Waals surface area contributed by atoms with Crippen molar-refractivity contribution in [1.29, 1.82) is 0 Å². The summed E-state index contributed by atoms with van der Waals surface area (Å²) in [5.41, 5.74) is 1.00. The Balaban J connectivity index is 1.77. The number of carbonyl (C=O) groups excluding carboxylic acids is 5. The van der Waals surface area contributed by atoms with Crippen LogP contribution in [0.3, 0.4) is 0 Å². The quantitative estimate of drug-likeness (QED) is 0.252. The molecule has 0 spiro atoms. The lowest BCUT2D eigenvalue weighted by atomic mass is 9.97. The summed E-state index contributed by atoms with van der Waals surface area (Å²) in [5, 5.41) is 14.8. The van der Waals surface area contributed by atoms with Crippen LogP contribution in [0.15, 0.2) is 24.3 Å². The predicted molar refractivity (Wildman–Crippen MR) is 138 cm³/mol. The highest BCUT2D eigenvalue weighted by Gasteiger charge is 2.53. The van der Waals surface area contributed by atoms with Crippen molar-refractivity contribution in [2.45, 2.75) is 71.2 Å². The van der Waals surface area contributed by atoms with E-state index in [-0.39, 0.29) is 18.2 Å². The lowest BCUT2D eigenvalue weighted by molar-refractivity contribution is -0.272. The first-order valence-electron chi connectivity index (χ1n) is 12.9. The van der Waals surface area contributed by atoms with Crippen molar-refractivity contribution in [3.63, 3.8) is 0 Å². The number of tetrazole rings is 1. The molecule has 0 bridgehead atoms. The zero-order chi connectivity index (χ0) is 30.8. The fraction of sp³-hybridized carbons (Fsp3) is 0.538. The summed E-state index contributed by atoms with van der Waals surface area (Å²) >= 11 is 0. The molecule has 5 atom stereocenters. The normalized spacial score (nSPS) is 21.5. The largest absolute Gasteiger partial charge is 0.497 e. The molecule has 1 amide bonds. The van der Waals surface area contributed by atoms with Gasteiger partial charge in [0, 0.05) is 34.2 Å². The van der Waals surface area contributed by atoms with Gasteiger partial charge in [-0.25, -0.2) is 0 Å². The molecule has 1 aromatic carbocycles. The fourth-order valence-corrected chi connectivity index (χ4v) is 4.17. The van der Waals surface area contributed by atoms with Gasteiger partial charge in [-0.3, -0.25) is 24.0 Å². The van der Waals surface area contributed by atoms with E-state index in [1.165, 1.54) is 6.92 Å². The number of hydrogen-bond acceptors (Lipinski definition) is 14. The van der Waals surface area contributed by atoms with E-state index in [1.54, 1.807) is 7.11 Å². The van der Waals surface area contributed by atoms with Gasteiger partial charge in [0.05, 0.1) is 13.5 Å². The lowest BCUT2D eigenvalue weighted by Crippen LogP contribution is -2.60. The summed E-state index contributed by atoms with van der Waals surface area (Å²) in [6.45, 7) is 4.46. The molecule has 3 rings (SSSR count). The van der Waals surface area contributed by atoms with Crippen LogP contribution in [-0.2, 0) is 60.5 Å². The van der Waals surface area contributed by atoms with Gasteiger partial charge in [0.15, 0.2) is 24.1 Å². The van der Waals surface area contributed by atoms with Gasteiger partial charge >= 0.3 is 23.9 Å². The summed E-state index contributed by atoms with van der Waals surface area (Å²) in [4.78, 5) is 60.8. The van der Waals surface area contributed by atoms with Crippen LogP contribution in [0.5, 0.6) is 5.75 Å². The molecule has 0 radical (unpaired) electrons. The minimum absolute atomic E-state index is 0.0183. The second kappa shape index (κ2) is 14.9. The van der Waals surface area contributed by atoms with Crippen LogP contribution in [-0.4, -0.2) is 94.7 Å². The number of benzene rings is 1. The topological polar surface area (TPSA) is 196 Å². The van der Waals surface area contributed by atoms with E-state index in [2.05, 4.69) is 20.7 Å². The van der Waals surface area contributed by atoms with Crippen LogP contribution < -0.4 is 10.1 Å². The molecule has 2 aromatic rings. The molecule has 0 aliphatic carbocycles. The van der Waals surface area contributed by atoms with E-state index in [4.69, 9.17) is 28.4 Å². The Labute approximate surface area is 240 Å². The zero-order valence-electron chi connectivity index (χ0n) is 23.8. The Kier molecular flexibility index (Phi) is 11.3. The third-order valence-corrected chi connectivity index (χ3v) is 5.88. The number of rotatable bonds is 12. The van der Waals surface area contributed by atoms with Crippen LogP contribution in [0.2, 0.25) is 0 Å². The molecule has 1 fully saturated rings. The number of hydrogen-bond donors (Lipinski definition) is 1. The first-order chi connectivity index (χ1) is 20.0. The monoisotopic (exact) mass is 591 g/mol. The van der Waals surface area contributed by atoms with Gasteiger partial charge in [-0.1, -0.05) is 12.1 Å². The molecule has 228 valence electrons. The smallest absolute Gasteiger partial charge is 0.303 e. The highest BCUT2D eigenvalue weighted by molar-refractivity contribution is 5.77. The highest BCUT2D eigenvalue weighted by Crippen LogP contribution is 2.34. The van der Waals surface area contributed by atoms with Gasteiger partial charge in [0.25, 0.3) is 0 Å². The average Bonchev–Trinajstić information content (AvgIpc) is 3.37. The number of ether oxygens (including phenoxy) is 6. The van der Waals surface area contributed by atoms with Crippen molar-refractivity contribution < 1.29 is 52.4 Å². The Morgan fingerprint density at radius 1 is 0.881 bits per heavy atom. The first kappa shape index (κ1) is 31.9. The molecular weight excluding hydrogens is 558 g/mol. The van der Waals surface area contributed by atoms with E-state index in [1.807, 2.05) is 24.3 Å². The van der Waals surface area contributed by atoms with Crippen molar-refractivity contribution in [2.24, 2.45) is 0 Å². The molecule has 1 aliphatic heterocycles. The maximum atomic E-state index is 12.5. The number of amides is 1. The molecule has 5 unspecified atom stereocenters. The number of nitrogens with zero attached hydrogens (tertiary/aromatic N) is 4. The van der Waals surface area contributed by atoms with Crippen molar-refractivity contribution in [3.05, 3.63) is 35.7 Å². The molecule has 1 saturated heterocycles. The summed E-state index contributed by atoms with van der Waals surface area (Å²) in [7, 11) is 1.58. The Morgan fingerprint density at radius 2 is 1.50 bits per heavy atom. The summed E-state index contributed by atoms with van der Waals surface area (Å²) in [5.74, 6) is -2.58. The van der Waals surface area contributed by atoms with E-state index < -0.39 is 61.1 Å². The van der Waals surface area contributed by atoms with E-state index in [9.17, 15) is 24.0 Å². The zero-order valence-corrected chi connectivity index (χ0v) is 23.8. The van der Waals surface area contributed by atoms with Crippen molar-refractivity contribution in [2.75, 3.05) is 20.3 Å². The van der Waals surface area contributed by atoms with Crippen LogP contribution >= 0.6 is 0 Å². The average molecular weight is 592 g/mol. The van der Waals surface area contributed by atoms with Crippen molar-refractivity contribution >= 4 is 29.8 Å². The van der Waals surface area contributed by atoms with Crippen molar-refractivity contribution in [1.82, 2.24) is 25.5 Å². The standard InChI is InChI=1S/C26H33N5O11/c1-14(32)38-13-20-23(39-15(2)33)24(40-16(3)34)25(41-17(4)35)26(42-20)31-29-21(28-30-31)12-22(36)27-11-10-18-6-8-19(37-5)9-7-18/h6-9,20,23-26H,10-13H2,1-5H3,(H,27,36). The van der Waals surface area contributed by atoms with Crippen LogP contribution in [0.1, 0.15) is 45.3 Å². The molecule has 16 nitrogen and oxygen atoms in total. The molecule has 2 heterocycles. The SMILES string of the molecule is COc1ccc(CCNC(=O)Cc2nnn(C3OC(COC(C)=O)C(OC(C)=O)C(OC(C)=O)C3OC(C)=O)n2)cc1. The number of nitrogens with one attached hydrogen (secondary N) is 1. The van der Waals surface area contributed by atoms with Gasteiger partial charge in [-0.15, -0.1) is 15.0 Å². The number of esters is 4. The molecule has 0 saturated carbocycles. The second-order valence-corrected chi connectivity index (χ2v) is 9.24. The summed E-state index contributed by atoms with van der Waals surface area (Å²) in [6.07, 6.45) is -6.34.